The van der Waals surface area contributed by atoms with Gasteiger partial charge in [0.05, 0.1) is 0 Å². The standard InChI is InChI=1S/C27H46/c1-7-12-25(26-16-15-22(4)23(5)19-26)14-11-13-24(6)27(20-21(2)3)17-9-8-10-18-27/h16,19,21-22,25H,6-15,17-18,20H2,1-5H3. The van der Waals surface area contributed by atoms with Crippen molar-refractivity contribution in [2.24, 2.45) is 23.2 Å². The third kappa shape index (κ3) is 6.37. The zero-order valence-corrected chi connectivity index (χ0v) is 19.1. The quantitative estimate of drug-likeness (QED) is 0.336. The molecular formula is C27H46. The van der Waals surface area contributed by atoms with Gasteiger partial charge in [-0.1, -0.05) is 83.3 Å². The Morgan fingerprint density at radius 1 is 1.19 bits per heavy atom. The molecule has 1 fully saturated rings. The highest BCUT2D eigenvalue weighted by Gasteiger charge is 2.34. The van der Waals surface area contributed by atoms with Gasteiger partial charge < -0.3 is 0 Å². The summed E-state index contributed by atoms with van der Waals surface area (Å²) in [7, 11) is 0. The second kappa shape index (κ2) is 10.7. The molecule has 1 saturated carbocycles. The molecule has 0 bridgehead atoms. The van der Waals surface area contributed by atoms with Crippen LogP contribution in [0.15, 0.2) is 35.5 Å². The first-order chi connectivity index (χ1) is 12.9. The van der Waals surface area contributed by atoms with Crippen LogP contribution in [0.3, 0.4) is 0 Å². The summed E-state index contributed by atoms with van der Waals surface area (Å²) in [6.07, 6.45) is 21.2. The molecule has 2 aliphatic rings. The largest absolute Gasteiger partial charge is 0.0993 e. The van der Waals surface area contributed by atoms with E-state index in [0.717, 1.165) is 17.8 Å². The molecule has 154 valence electrons. The van der Waals surface area contributed by atoms with E-state index in [-0.39, 0.29) is 0 Å². The summed E-state index contributed by atoms with van der Waals surface area (Å²) < 4.78 is 0. The number of hydrogen-bond acceptors (Lipinski definition) is 0. The lowest BCUT2D eigenvalue weighted by molar-refractivity contribution is 0.190. The van der Waals surface area contributed by atoms with Crippen LogP contribution in [0.4, 0.5) is 0 Å². The van der Waals surface area contributed by atoms with Crippen molar-refractivity contribution < 1.29 is 0 Å². The highest BCUT2D eigenvalue weighted by atomic mass is 14.4. The zero-order valence-electron chi connectivity index (χ0n) is 19.1. The molecule has 0 amide bonds. The fourth-order valence-electron chi connectivity index (χ4n) is 5.61. The van der Waals surface area contributed by atoms with Gasteiger partial charge in [-0.2, -0.15) is 0 Å². The van der Waals surface area contributed by atoms with Crippen LogP contribution in [0.25, 0.3) is 0 Å². The van der Waals surface area contributed by atoms with E-state index < -0.39 is 0 Å². The predicted octanol–water partition coefficient (Wildman–Crippen LogP) is 9.04. The van der Waals surface area contributed by atoms with Crippen molar-refractivity contribution in [2.75, 3.05) is 0 Å². The zero-order chi connectivity index (χ0) is 19.9. The van der Waals surface area contributed by atoms with Crippen LogP contribution in [0.5, 0.6) is 0 Å². The first kappa shape index (κ1) is 22.5. The Balaban J connectivity index is 1.94. The third-order valence-corrected chi connectivity index (χ3v) is 7.38. The predicted molar refractivity (Wildman–Crippen MR) is 122 cm³/mol. The van der Waals surface area contributed by atoms with Gasteiger partial charge in [0.25, 0.3) is 0 Å². The summed E-state index contributed by atoms with van der Waals surface area (Å²) in [5.74, 6) is 2.28. The number of allylic oxidation sites excluding steroid dienone is 5. The fraction of sp³-hybridized carbons (Fsp3) is 0.778. The molecule has 2 unspecified atom stereocenters. The monoisotopic (exact) mass is 370 g/mol. The van der Waals surface area contributed by atoms with Crippen LogP contribution < -0.4 is 0 Å². The second-order valence-corrected chi connectivity index (χ2v) is 10.1. The maximum atomic E-state index is 4.65. The van der Waals surface area contributed by atoms with Gasteiger partial charge >= 0.3 is 0 Å². The van der Waals surface area contributed by atoms with Crippen molar-refractivity contribution in [3.8, 4) is 0 Å². The van der Waals surface area contributed by atoms with Gasteiger partial charge in [0, 0.05) is 0 Å². The van der Waals surface area contributed by atoms with Gasteiger partial charge in [-0.05, 0) is 87.0 Å². The molecule has 2 atom stereocenters. The van der Waals surface area contributed by atoms with E-state index in [0.29, 0.717) is 5.41 Å². The van der Waals surface area contributed by atoms with E-state index in [1.54, 1.807) is 16.7 Å². The molecule has 2 rings (SSSR count). The van der Waals surface area contributed by atoms with Gasteiger partial charge in [0.2, 0.25) is 0 Å². The van der Waals surface area contributed by atoms with Crippen molar-refractivity contribution in [1.82, 2.24) is 0 Å². The van der Waals surface area contributed by atoms with Crippen LogP contribution in [-0.2, 0) is 0 Å². The van der Waals surface area contributed by atoms with Crippen LogP contribution >= 0.6 is 0 Å². The molecule has 0 aromatic carbocycles. The topological polar surface area (TPSA) is 0 Å². The Morgan fingerprint density at radius 3 is 2.48 bits per heavy atom. The van der Waals surface area contributed by atoms with E-state index >= 15 is 0 Å². The number of hydrogen-bond donors (Lipinski definition) is 0. The highest BCUT2D eigenvalue weighted by molar-refractivity contribution is 5.30. The van der Waals surface area contributed by atoms with Crippen molar-refractivity contribution in [3.05, 3.63) is 35.5 Å². The summed E-state index contributed by atoms with van der Waals surface area (Å²) in [5.41, 5.74) is 5.26. The molecule has 0 saturated heterocycles. The number of rotatable bonds is 10. The minimum atomic E-state index is 0.461. The molecule has 0 aromatic rings. The first-order valence-electron chi connectivity index (χ1n) is 11.9. The summed E-state index contributed by atoms with van der Waals surface area (Å²) >= 11 is 0. The molecule has 0 N–H and O–H groups in total. The van der Waals surface area contributed by atoms with E-state index in [2.05, 4.69) is 53.3 Å². The third-order valence-electron chi connectivity index (χ3n) is 7.38. The van der Waals surface area contributed by atoms with Crippen LogP contribution in [-0.4, -0.2) is 0 Å². The van der Waals surface area contributed by atoms with E-state index in [1.165, 1.54) is 77.0 Å². The minimum absolute atomic E-state index is 0.461. The molecule has 2 aliphatic carbocycles. The Kier molecular flexibility index (Phi) is 8.90. The average molecular weight is 371 g/mol. The van der Waals surface area contributed by atoms with Crippen molar-refractivity contribution >= 4 is 0 Å². The van der Waals surface area contributed by atoms with Gasteiger partial charge in [-0.25, -0.2) is 0 Å². The molecule has 0 aromatic heterocycles. The van der Waals surface area contributed by atoms with Gasteiger partial charge in [-0.3, -0.25) is 0 Å². The lowest BCUT2D eigenvalue weighted by Gasteiger charge is -2.41. The Morgan fingerprint density at radius 2 is 1.89 bits per heavy atom. The van der Waals surface area contributed by atoms with Crippen molar-refractivity contribution in [1.29, 1.82) is 0 Å². The molecule has 0 heterocycles. The smallest absolute Gasteiger partial charge is 0.00883 e. The maximum Gasteiger partial charge on any atom is -0.00883 e. The SMILES string of the molecule is C=C(CCCC(CCC)C1=CCC(C)C(C)=C1)C1(CC(C)C)CCCCC1. The summed E-state index contributed by atoms with van der Waals surface area (Å²) in [6, 6.07) is 0. The molecule has 27 heavy (non-hydrogen) atoms. The Bertz CT molecular complexity index is 524. The van der Waals surface area contributed by atoms with E-state index in [1.807, 2.05) is 0 Å². The highest BCUT2D eigenvalue weighted by Crippen LogP contribution is 2.48. The second-order valence-electron chi connectivity index (χ2n) is 10.1. The van der Waals surface area contributed by atoms with Gasteiger partial charge in [0.15, 0.2) is 0 Å². The maximum absolute atomic E-state index is 4.65. The normalized spacial score (nSPS) is 23.7. The Labute approximate surface area is 170 Å². The van der Waals surface area contributed by atoms with Gasteiger partial charge in [-0.15, -0.1) is 0 Å². The van der Waals surface area contributed by atoms with E-state index in [9.17, 15) is 0 Å². The van der Waals surface area contributed by atoms with Crippen LogP contribution in [0, 0.1) is 23.2 Å². The summed E-state index contributed by atoms with van der Waals surface area (Å²) in [5, 5.41) is 0. The average Bonchev–Trinajstić information content (AvgIpc) is 2.63. The Hall–Kier alpha value is -0.780. The summed E-state index contributed by atoms with van der Waals surface area (Å²) in [4.78, 5) is 0. The van der Waals surface area contributed by atoms with Crippen molar-refractivity contribution in [2.45, 2.75) is 112 Å². The summed E-state index contributed by atoms with van der Waals surface area (Å²) in [6.45, 7) is 16.5. The molecule has 0 spiro atoms. The van der Waals surface area contributed by atoms with Crippen LogP contribution in [0.2, 0.25) is 0 Å². The van der Waals surface area contributed by atoms with Gasteiger partial charge in [0.1, 0.15) is 0 Å². The fourth-order valence-corrected chi connectivity index (χ4v) is 5.61. The molecule has 0 aliphatic heterocycles. The molecule has 0 heteroatoms. The molecule has 0 nitrogen and oxygen atoms in total. The van der Waals surface area contributed by atoms with Crippen molar-refractivity contribution in [3.63, 3.8) is 0 Å². The first-order valence-corrected chi connectivity index (χ1v) is 11.9. The molecular weight excluding hydrogens is 324 g/mol. The molecule has 0 radical (unpaired) electrons. The lowest BCUT2D eigenvalue weighted by atomic mass is 9.64. The van der Waals surface area contributed by atoms with E-state index in [4.69, 9.17) is 0 Å². The van der Waals surface area contributed by atoms with Crippen LogP contribution in [0.1, 0.15) is 112 Å². The lowest BCUT2D eigenvalue weighted by Crippen LogP contribution is -2.28. The minimum Gasteiger partial charge on any atom is -0.0993 e.